The van der Waals surface area contributed by atoms with Gasteiger partial charge in [-0.2, -0.15) is 0 Å². The molecule has 0 radical (unpaired) electrons. The monoisotopic (exact) mass is 254 g/mol. The Morgan fingerprint density at radius 3 is 2.74 bits per heavy atom. The van der Waals surface area contributed by atoms with Crippen molar-refractivity contribution in [1.29, 1.82) is 0 Å². The molecule has 0 fully saturated rings. The first-order valence-electron chi connectivity index (χ1n) is 5.71. The average molecular weight is 254 g/mol. The molecule has 0 saturated heterocycles. The molecule has 1 aromatic heterocycles. The van der Waals surface area contributed by atoms with Crippen molar-refractivity contribution in [2.75, 3.05) is 7.11 Å². The molecular formula is C14H10N2O3. The minimum atomic E-state index is -0.408. The van der Waals surface area contributed by atoms with Crippen LogP contribution in [0.1, 0.15) is 0 Å². The van der Waals surface area contributed by atoms with Gasteiger partial charge in [0, 0.05) is 22.9 Å². The van der Waals surface area contributed by atoms with Gasteiger partial charge in [-0.15, -0.1) is 0 Å². The summed E-state index contributed by atoms with van der Waals surface area (Å²) in [6.45, 7) is 0. The molecule has 0 unspecified atom stereocenters. The number of nitro groups is 1. The lowest BCUT2D eigenvalue weighted by atomic mass is 10.1. The number of benzene rings is 2. The fourth-order valence-electron chi connectivity index (χ4n) is 2.10. The van der Waals surface area contributed by atoms with Crippen LogP contribution in [0, 0.1) is 10.1 Å². The van der Waals surface area contributed by atoms with Gasteiger partial charge in [-0.05, 0) is 18.2 Å². The number of para-hydroxylation sites is 1. The first kappa shape index (κ1) is 11.4. The number of non-ortho nitro benzene ring substituents is 1. The molecule has 1 heterocycles. The Labute approximate surface area is 108 Å². The van der Waals surface area contributed by atoms with Crippen LogP contribution in [-0.2, 0) is 0 Å². The van der Waals surface area contributed by atoms with E-state index in [2.05, 4.69) is 4.98 Å². The van der Waals surface area contributed by atoms with E-state index in [1.807, 2.05) is 24.3 Å². The first-order chi connectivity index (χ1) is 9.19. The molecule has 94 valence electrons. The third kappa shape index (κ3) is 1.85. The smallest absolute Gasteiger partial charge is 0.270 e. The van der Waals surface area contributed by atoms with Gasteiger partial charge < -0.3 is 4.74 Å². The van der Waals surface area contributed by atoms with Crippen molar-refractivity contribution in [2.24, 2.45) is 0 Å². The Morgan fingerprint density at radius 1 is 1.16 bits per heavy atom. The molecular weight excluding hydrogens is 244 g/mol. The van der Waals surface area contributed by atoms with Crippen LogP contribution < -0.4 is 4.74 Å². The highest BCUT2D eigenvalue weighted by atomic mass is 16.6. The number of nitro benzene ring substituents is 1. The zero-order chi connectivity index (χ0) is 13.4. The van der Waals surface area contributed by atoms with Crippen molar-refractivity contribution in [3.8, 4) is 5.75 Å². The summed E-state index contributed by atoms with van der Waals surface area (Å²) in [6.07, 6.45) is 0. The van der Waals surface area contributed by atoms with E-state index in [0.29, 0.717) is 11.3 Å². The Balaban J connectivity index is 2.34. The van der Waals surface area contributed by atoms with Gasteiger partial charge in [-0.3, -0.25) is 10.1 Å². The standard InChI is InChI=1S/C14H10N2O3/c1-19-13-4-2-3-9-7-10-8-11(16(17)18)5-6-12(10)15-14(9)13/h2-8H,1H3. The lowest BCUT2D eigenvalue weighted by molar-refractivity contribution is -0.384. The van der Waals surface area contributed by atoms with Crippen LogP contribution in [0.5, 0.6) is 5.75 Å². The van der Waals surface area contributed by atoms with Crippen LogP contribution in [0.15, 0.2) is 42.5 Å². The fourth-order valence-corrected chi connectivity index (χ4v) is 2.10. The third-order valence-electron chi connectivity index (χ3n) is 3.02. The van der Waals surface area contributed by atoms with E-state index in [-0.39, 0.29) is 5.69 Å². The third-order valence-corrected chi connectivity index (χ3v) is 3.02. The summed E-state index contributed by atoms with van der Waals surface area (Å²) >= 11 is 0. The van der Waals surface area contributed by atoms with E-state index in [4.69, 9.17) is 4.74 Å². The Morgan fingerprint density at radius 2 is 2.00 bits per heavy atom. The molecule has 0 N–H and O–H groups in total. The molecule has 0 aliphatic heterocycles. The highest BCUT2D eigenvalue weighted by molar-refractivity contribution is 5.96. The number of hydrogen-bond acceptors (Lipinski definition) is 4. The second kappa shape index (κ2) is 4.20. The normalized spacial score (nSPS) is 10.8. The number of rotatable bonds is 2. The molecule has 3 aromatic rings. The van der Waals surface area contributed by atoms with Crippen LogP contribution in [-0.4, -0.2) is 17.0 Å². The second-order valence-electron chi connectivity index (χ2n) is 4.15. The lowest BCUT2D eigenvalue weighted by Gasteiger charge is -2.06. The van der Waals surface area contributed by atoms with Crippen molar-refractivity contribution >= 4 is 27.5 Å². The van der Waals surface area contributed by atoms with E-state index in [1.54, 1.807) is 13.2 Å². The van der Waals surface area contributed by atoms with Crippen LogP contribution in [0.25, 0.3) is 21.8 Å². The Bertz CT molecular complexity index is 799. The average Bonchev–Trinajstić information content (AvgIpc) is 2.43. The number of pyridine rings is 1. The Kier molecular flexibility index (Phi) is 2.52. The number of fused-ring (bicyclic) bond motifs is 2. The van der Waals surface area contributed by atoms with Gasteiger partial charge in [0.15, 0.2) is 0 Å². The zero-order valence-electron chi connectivity index (χ0n) is 10.2. The van der Waals surface area contributed by atoms with Gasteiger partial charge in [-0.1, -0.05) is 12.1 Å². The van der Waals surface area contributed by atoms with E-state index in [0.717, 1.165) is 16.3 Å². The molecule has 0 atom stereocenters. The summed E-state index contributed by atoms with van der Waals surface area (Å²) in [7, 11) is 1.59. The Hall–Kier alpha value is -2.69. The van der Waals surface area contributed by atoms with Gasteiger partial charge in [0.05, 0.1) is 17.5 Å². The SMILES string of the molecule is COc1cccc2cc3cc([N+](=O)[O-])ccc3nc12. The topological polar surface area (TPSA) is 65.3 Å². The summed E-state index contributed by atoms with van der Waals surface area (Å²) in [5.74, 6) is 0.692. The molecule has 3 rings (SSSR count). The first-order valence-corrected chi connectivity index (χ1v) is 5.71. The van der Waals surface area contributed by atoms with Crippen LogP contribution >= 0.6 is 0 Å². The summed E-state index contributed by atoms with van der Waals surface area (Å²) in [5.41, 5.74) is 1.53. The summed E-state index contributed by atoms with van der Waals surface area (Å²) < 4.78 is 5.27. The van der Waals surface area contributed by atoms with Crippen LogP contribution in [0.4, 0.5) is 5.69 Å². The lowest BCUT2D eigenvalue weighted by Crippen LogP contribution is -1.91. The van der Waals surface area contributed by atoms with Gasteiger partial charge in [0.25, 0.3) is 5.69 Å². The van der Waals surface area contributed by atoms with Gasteiger partial charge in [0.2, 0.25) is 0 Å². The number of methoxy groups -OCH3 is 1. The molecule has 0 amide bonds. The predicted octanol–water partition coefficient (Wildman–Crippen LogP) is 3.30. The highest BCUT2D eigenvalue weighted by Gasteiger charge is 2.09. The number of nitrogens with zero attached hydrogens (tertiary/aromatic N) is 2. The minimum Gasteiger partial charge on any atom is -0.494 e. The van der Waals surface area contributed by atoms with E-state index in [1.165, 1.54) is 12.1 Å². The maximum atomic E-state index is 10.8. The van der Waals surface area contributed by atoms with Gasteiger partial charge in [0.1, 0.15) is 11.3 Å². The quantitative estimate of drug-likeness (QED) is 0.400. The minimum absolute atomic E-state index is 0.0662. The zero-order valence-corrected chi connectivity index (χ0v) is 10.2. The number of aromatic nitrogens is 1. The fraction of sp³-hybridized carbons (Fsp3) is 0.0714. The van der Waals surface area contributed by atoms with Gasteiger partial charge >= 0.3 is 0 Å². The predicted molar refractivity (Wildman–Crippen MR) is 72.5 cm³/mol. The van der Waals surface area contributed by atoms with Crippen molar-refractivity contribution < 1.29 is 9.66 Å². The molecule has 0 aliphatic carbocycles. The van der Waals surface area contributed by atoms with Crippen molar-refractivity contribution in [2.45, 2.75) is 0 Å². The van der Waals surface area contributed by atoms with Crippen molar-refractivity contribution in [1.82, 2.24) is 4.98 Å². The number of ether oxygens (including phenoxy) is 1. The largest absolute Gasteiger partial charge is 0.494 e. The maximum Gasteiger partial charge on any atom is 0.270 e. The summed E-state index contributed by atoms with van der Waals surface area (Å²) in [6, 6.07) is 12.1. The van der Waals surface area contributed by atoms with Crippen LogP contribution in [0.2, 0.25) is 0 Å². The summed E-state index contributed by atoms with van der Waals surface area (Å²) in [4.78, 5) is 14.9. The van der Waals surface area contributed by atoms with Gasteiger partial charge in [-0.25, -0.2) is 4.98 Å². The maximum absolute atomic E-state index is 10.8. The second-order valence-corrected chi connectivity index (χ2v) is 4.15. The number of hydrogen-bond donors (Lipinski definition) is 0. The molecule has 2 aromatic carbocycles. The molecule has 0 saturated carbocycles. The van der Waals surface area contributed by atoms with Crippen molar-refractivity contribution in [3.63, 3.8) is 0 Å². The van der Waals surface area contributed by atoms with E-state index < -0.39 is 4.92 Å². The molecule has 0 aliphatic rings. The van der Waals surface area contributed by atoms with Crippen LogP contribution in [0.3, 0.4) is 0 Å². The highest BCUT2D eigenvalue weighted by Crippen LogP contribution is 2.28. The molecule has 19 heavy (non-hydrogen) atoms. The summed E-state index contributed by atoms with van der Waals surface area (Å²) in [5, 5.41) is 12.4. The molecule has 5 heteroatoms. The van der Waals surface area contributed by atoms with Crippen molar-refractivity contribution in [3.05, 3.63) is 52.6 Å². The molecule has 0 bridgehead atoms. The van der Waals surface area contributed by atoms with E-state index >= 15 is 0 Å². The molecule has 5 nitrogen and oxygen atoms in total. The molecule has 0 spiro atoms. The van der Waals surface area contributed by atoms with E-state index in [9.17, 15) is 10.1 Å².